The van der Waals surface area contributed by atoms with Crippen molar-refractivity contribution in [2.24, 2.45) is 11.8 Å². The fourth-order valence-electron chi connectivity index (χ4n) is 1.88. The molecule has 0 saturated heterocycles. The Morgan fingerprint density at radius 1 is 1.40 bits per heavy atom. The third kappa shape index (κ3) is 2.77. The highest BCUT2D eigenvalue weighted by Crippen LogP contribution is 2.30. The van der Waals surface area contributed by atoms with Gasteiger partial charge in [-0.15, -0.1) is 0 Å². The van der Waals surface area contributed by atoms with E-state index in [1.54, 1.807) is 0 Å². The Morgan fingerprint density at radius 3 is 2.50 bits per heavy atom. The van der Waals surface area contributed by atoms with E-state index >= 15 is 0 Å². The predicted molar refractivity (Wildman–Crippen MR) is 54.6 cm³/mol. The molecule has 0 spiro atoms. The van der Waals surface area contributed by atoms with E-state index < -0.39 is 0 Å². The molecule has 60 valence electrons. The summed E-state index contributed by atoms with van der Waals surface area (Å²) in [6.07, 6.45) is 7.52. The second-order valence-electron chi connectivity index (χ2n) is 3.65. The summed E-state index contributed by atoms with van der Waals surface area (Å²) in [5.74, 6) is 2.05. The summed E-state index contributed by atoms with van der Waals surface area (Å²) < 4.78 is 1.34. The van der Waals surface area contributed by atoms with Crippen LogP contribution in [-0.4, -0.2) is 4.43 Å². The maximum atomic E-state index is 2.50. The van der Waals surface area contributed by atoms with Crippen molar-refractivity contribution in [3.8, 4) is 0 Å². The first-order valence-corrected chi connectivity index (χ1v) is 5.91. The largest absolute Gasteiger partial charge is 0.0861 e. The van der Waals surface area contributed by atoms with Crippen LogP contribution in [0.4, 0.5) is 0 Å². The normalized spacial score (nSPS) is 23.4. The second kappa shape index (κ2) is 4.58. The maximum absolute atomic E-state index is 2.50. The Bertz CT molecular complexity index is 84.7. The van der Waals surface area contributed by atoms with Crippen LogP contribution in [0.5, 0.6) is 0 Å². The molecule has 0 aromatic carbocycles. The van der Waals surface area contributed by atoms with Crippen molar-refractivity contribution in [1.82, 2.24) is 0 Å². The van der Waals surface area contributed by atoms with E-state index in [4.69, 9.17) is 0 Å². The summed E-state index contributed by atoms with van der Waals surface area (Å²) in [7, 11) is 0. The SMILES string of the molecule is CC(CI)CC1CCCC1. The number of rotatable bonds is 3. The van der Waals surface area contributed by atoms with Gasteiger partial charge in [0, 0.05) is 4.43 Å². The van der Waals surface area contributed by atoms with Gasteiger partial charge in [0.05, 0.1) is 0 Å². The van der Waals surface area contributed by atoms with Gasteiger partial charge in [-0.25, -0.2) is 0 Å². The quantitative estimate of drug-likeness (QED) is 0.531. The van der Waals surface area contributed by atoms with Crippen LogP contribution in [0.15, 0.2) is 0 Å². The molecule has 0 radical (unpaired) electrons. The highest BCUT2D eigenvalue weighted by atomic mass is 127. The van der Waals surface area contributed by atoms with E-state index in [-0.39, 0.29) is 0 Å². The maximum Gasteiger partial charge on any atom is 0.00211 e. The lowest BCUT2D eigenvalue weighted by Crippen LogP contribution is -2.03. The molecule has 1 saturated carbocycles. The van der Waals surface area contributed by atoms with Gasteiger partial charge in [0.1, 0.15) is 0 Å². The lowest BCUT2D eigenvalue weighted by molar-refractivity contribution is 0.427. The average molecular weight is 252 g/mol. The topological polar surface area (TPSA) is 0 Å². The first-order chi connectivity index (χ1) is 4.83. The van der Waals surface area contributed by atoms with Crippen LogP contribution in [0.2, 0.25) is 0 Å². The molecule has 1 aliphatic rings. The molecule has 1 rings (SSSR count). The molecule has 10 heavy (non-hydrogen) atoms. The van der Waals surface area contributed by atoms with Crippen LogP contribution in [0.25, 0.3) is 0 Å². The van der Waals surface area contributed by atoms with Crippen molar-refractivity contribution in [3.63, 3.8) is 0 Å². The van der Waals surface area contributed by atoms with Crippen LogP contribution >= 0.6 is 22.6 Å². The zero-order valence-corrected chi connectivity index (χ0v) is 8.93. The third-order valence-electron chi connectivity index (χ3n) is 2.47. The summed E-state index contributed by atoms with van der Waals surface area (Å²) in [4.78, 5) is 0. The van der Waals surface area contributed by atoms with Crippen molar-refractivity contribution in [2.75, 3.05) is 4.43 Å². The molecule has 1 heteroatoms. The van der Waals surface area contributed by atoms with Gasteiger partial charge in [0.2, 0.25) is 0 Å². The Kier molecular flexibility index (Phi) is 4.04. The lowest BCUT2D eigenvalue weighted by Gasteiger charge is -2.12. The van der Waals surface area contributed by atoms with E-state index in [0.29, 0.717) is 0 Å². The zero-order chi connectivity index (χ0) is 7.40. The van der Waals surface area contributed by atoms with E-state index in [1.165, 1.54) is 36.5 Å². The van der Waals surface area contributed by atoms with Crippen molar-refractivity contribution in [3.05, 3.63) is 0 Å². The van der Waals surface area contributed by atoms with Gasteiger partial charge < -0.3 is 0 Å². The molecule has 0 heterocycles. The van der Waals surface area contributed by atoms with Crippen LogP contribution in [0.1, 0.15) is 39.0 Å². The summed E-state index contributed by atoms with van der Waals surface area (Å²) in [6, 6.07) is 0. The Labute approximate surface area is 77.9 Å². The predicted octanol–water partition coefficient (Wildman–Crippen LogP) is 3.64. The molecule has 0 amide bonds. The molecule has 0 aliphatic heterocycles. The molecule has 0 N–H and O–H groups in total. The Hall–Kier alpha value is 0.730. The minimum absolute atomic E-state index is 0.962. The third-order valence-corrected chi connectivity index (χ3v) is 3.98. The van der Waals surface area contributed by atoms with E-state index in [0.717, 1.165) is 11.8 Å². The van der Waals surface area contributed by atoms with Crippen LogP contribution < -0.4 is 0 Å². The zero-order valence-electron chi connectivity index (χ0n) is 6.78. The van der Waals surface area contributed by atoms with E-state index in [1.807, 2.05) is 0 Å². The molecule has 0 bridgehead atoms. The van der Waals surface area contributed by atoms with Gasteiger partial charge in [0.15, 0.2) is 0 Å². The van der Waals surface area contributed by atoms with Gasteiger partial charge in [-0.3, -0.25) is 0 Å². The highest BCUT2D eigenvalue weighted by molar-refractivity contribution is 14.1. The Morgan fingerprint density at radius 2 is 2.00 bits per heavy atom. The molecular weight excluding hydrogens is 235 g/mol. The summed E-state index contributed by atoms with van der Waals surface area (Å²) in [5, 5.41) is 0. The molecule has 1 unspecified atom stereocenters. The second-order valence-corrected chi connectivity index (χ2v) is 4.53. The first kappa shape index (κ1) is 8.82. The first-order valence-electron chi connectivity index (χ1n) is 4.39. The molecule has 0 aromatic heterocycles. The van der Waals surface area contributed by atoms with Crippen LogP contribution in [0.3, 0.4) is 0 Å². The fraction of sp³-hybridized carbons (Fsp3) is 1.00. The van der Waals surface area contributed by atoms with Crippen molar-refractivity contribution < 1.29 is 0 Å². The van der Waals surface area contributed by atoms with Crippen molar-refractivity contribution in [2.45, 2.75) is 39.0 Å². The fourth-order valence-corrected chi connectivity index (χ4v) is 2.24. The van der Waals surface area contributed by atoms with E-state index in [2.05, 4.69) is 29.5 Å². The molecule has 0 aromatic rings. The van der Waals surface area contributed by atoms with Crippen LogP contribution in [-0.2, 0) is 0 Å². The molecule has 0 nitrogen and oxygen atoms in total. The van der Waals surface area contributed by atoms with Gasteiger partial charge in [-0.05, 0) is 18.3 Å². The molecule has 1 fully saturated rings. The molecule has 1 atom stereocenters. The minimum Gasteiger partial charge on any atom is -0.0861 e. The monoisotopic (exact) mass is 252 g/mol. The number of halogens is 1. The molecule has 1 aliphatic carbocycles. The van der Waals surface area contributed by atoms with Crippen molar-refractivity contribution >= 4 is 22.6 Å². The summed E-state index contributed by atoms with van der Waals surface area (Å²) in [5.41, 5.74) is 0. The Balaban J connectivity index is 2.11. The van der Waals surface area contributed by atoms with Crippen LogP contribution in [0, 0.1) is 11.8 Å². The molecular formula is C9H17I. The standard InChI is InChI=1S/C9H17I/c1-8(7-10)6-9-4-2-3-5-9/h8-9H,2-7H2,1H3. The number of hydrogen-bond donors (Lipinski definition) is 0. The van der Waals surface area contributed by atoms with Crippen molar-refractivity contribution in [1.29, 1.82) is 0 Å². The highest BCUT2D eigenvalue weighted by Gasteiger charge is 2.16. The van der Waals surface area contributed by atoms with Gasteiger partial charge in [0.25, 0.3) is 0 Å². The average Bonchev–Trinajstić information content (AvgIpc) is 2.40. The summed E-state index contributed by atoms with van der Waals surface area (Å²) in [6.45, 7) is 2.38. The summed E-state index contributed by atoms with van der Waals surface area (Å²) >= 11 is 2.50. The number of hydrogen-bond acceptors (Lipinski definition) is 0. The number of alkyl halides is 1. The minimum atomic E-state index is 0.962. The van der Waals surface area contributed by atoms with Gasteiger partial charge >= 0.3 is 0 Å². The smallest absolute Gasteiger partial charge is 0.00211 e. The lowest BCUT2D eigenvalue weighted by atomic mass is 9.96. The van der Waals surface area contributed by atoms with Gasteiger partial charge in [-0.2, -0.15) is 0 Å². The van der Waals surface area contributed by atoms with E-state index in [9.17, 15) is 0 Å². The van der Waals surface area contributed by atoms with Gasteiger partial charge in [-0.1, -0.05) is 55.2 Å².